The van der Waals surface area contributed by atoms with Gasteiger partial charge in [-0.2, -0.15) is 11.8 Å². The Balaban J connectivity index is 3.67. The summed E-state index contributed by atoms with van der Waals surface area (Å²) in [6.07, 6.45) is 1.90. The van der Waals surface area contributed by atoms with Crippen molar-refractivity contribution in [3.8, 4) is 0 Å². The van der Waals surface area contributed by atoms with Gasteiger partial charge in [-0.25, -0.2) is 0 Å². The average Bonchev–Trinajstić information content (AvgIpc) is 2.03. The van der Waals surface area contributed by atoms with E-state index >= 15 is 0 Å². The molecule has 0 aromatic rings. The molecule has 5 N–H and O–H groups in total. The molecule has 0 aliphatic carbocycles. The maximum absolute atomic E-state index is 10.3. The van der Waals surface area contributed by atoms with Crippen LogP contribution in [0.2, 0.25) is 0 Å². The molecular weight excluding hydrogens is 204 g/mol. The number of hydrogen-bond donors (Lipinski definition) is 4. The van der Waals surface area contributed by atoms with Crippen molar-refractivity contribution in [3.05, 3.63) is 0 Å². The van der Waals surface area contributed by atoms with E-state index in [2.05, 4.69) is 5.32 Å². The summed E-state index contributed by atoms with van der Waals surface area (Å²) in [5, 5.41) is 21.0. The summed E-state index contributed by atoms with van der Waals surface area (Å²) in [7, 11) is 0. The fraction of sp³-hybridized carbons (Fsp3) is 0.875. The molecule has 0 aromatic heterocycles. The van der Waals surface area contributed by atoms with Gasteiger partial charge in [-0.15, -0.1) is 0 Å². The highest BCUT2D eigenvalue weighted by Crippen LogP contribution is 2.08. The molecule has 0 aliphatic rings. The van der Waals surface area contributed by atoms with Crippen LogP contribution in [0.3, 0.4) is 0 Å². The number of aliphatic hydroxyl groups is 1. The molecule has 2 atom stereocenters. The Morgan fingerprint density at radius 2 is 2.29 bits per heavy atom. The molecule has 0 heterocycles. The van der Waals surface area contributed by atoms with E-state index in [0.29, 0.717) is 12.3 Å². The number of carboxylic acids is 1. The van der Waals surface area contributed by atoms with E-state index in [1.165, 1.54) is 11.8 Å². The third-order valence-corrected chi connectivity index (χ3v) is 2.55. The molecule has 14 heavy (non-hydrogen) atoms. The van der Waals surface area contributed by atoms with Gasteiger partial charge in [0.15, 0.2) is 0 Å². The van der Waals surface area contributed by atoms with Crippen LogP contribution in [0.5, 0.6) is 0 Å². The van der Waals surface area contributed by atoms with Gasteiger partial charge in [-0.1, -0.05) is 0 Å². The van der Waals surface area contributed by atoms with Gasteiger partial charge in [0.25, 0.3) is 0 Å². The first-order valence-electron chi connectivity index (χ1n) is 4.29. The lowest BCUT2D eigenvalue weighted by molar-refractivity contribution is -0.138. The standard InChI is InChI=1S/C8H18N2O3S/c1-8(13,5-14-2)4-10-3-6(9)7(11)12/h6,10,13H,3-5,9H2,1-2H3,(H,11,12). The van der Waals surface area contributed by atoms with Crippen LogP contribution >= 0.6 is 11.8 Å². The van der Waals surface area contributed by atoms with Crippen molar-refractivity contribution in [1.82, 2.24) is 5.32 Å². The number of carbonyl (C=O) groups is 1. The fourth-order valence-electron chi connectivity index (χ4n) is 0.946. The molecule has 5 nitrogen and oxygen atoms in total. The summed E-state index contributed by atoms with van der Waals surface area (Å²) in [5.74, 6) is -0.440. The molecule has 0 saturated carbocycles. The number of rotatable bonds is 7. The quantitative estimate of drug-likeness (QED) is 0.446. The first-order chi connectivity index (χ1) is 6.39. The molecule has 0 aliphatic heterocycles. The Labute approximate surface area is 88.1 Å². The highest BCUT2D eigenvalue weighted by molar-refractivity contribution is 7.98. The molecule has 0 amide bonds. The van der Waals surface area contributed by atoms with Crippen LogP contribution < -0.4 is 11.1 Å². The third kappa shape index (κ3) is 6.20. The second-order valence-electron chi connectivity index (χ2n) is 3.51. The molecule has 0 spiro atoms. The minimum Gasteiger partial charge on any atom is -0.480 e. The van der Waals surface area contributed by atoms with E-state index in [4.69, 9.17) is 10.8 Å². The van der Waals surface area contributed by atoms with Crippen LogP contribution in [-0.2, 0) is 4.79 Å². The zero-order chi connectivity index (χ0) is 11.2. The van der Waals surface area contributed by atoms with Gasteiger partial charge in [0.1, 0.15) is 6.04 Å². The van der Waals surface area contributed by atoms with Crippen molar-refractivity contribution in [2.45, 2.75) is 18.6 Å². The maximum Gasteiger partial charge on any atom is 0.321 e. The van der Waals surface area contributed by atoms with Crippen molar-refractivity contribution in [3.63, 3.8) is 0 Å². The Hall–Kier alpha value is -0.300. The van der Waals surface area contributed by atoms with Gasteiger partial charge < -0.3 is 21.3 Å². The minimum absolute atomic E-state index is 0.167. The highest BCUT2D eigenvalue weighted by Gasteiger charge is 2.20. The Morgan fingerprint density at radius 3 is 2.71 bits per heavy atom. The molecule has 0 saturated heterocycles. The molecule has 0 rings (SSSR count). The van der Waals surface area contributed by atoms with Crippen LogP contribution in [0.15, 0.2) is 0 Å². The van der Waals surface area contributed by atoms with Crippen LogP contribution in [0.4, 0.5) is 0 Å². The zero-order valence-electron chi connectivity index (χ0n) is 8.49. The van der Waals surface area contributed by atoms with E-state index in [0.717, 1.165) is 0 Å². The van der Waals surface area contributed by atoms with Crippen molar-refractivity contribution >= 4 is 17.7 Å². The summed E-state index contributed by atoms with van der Waals surface area (Å²) in [6, 6.07) is -0.917. The number of aliphatic carboxylic acids is 1. The van der Waals surface area contributed by atoms with Gasteiger partial charge in [0.05, 0.1) is 5.60 Å². The second-order valence-corrected chi connectivity index (χ2v) is 4.37. The summed E-state index contributed by atoms with van der Waals surface area (Å²) >= 11 is 1.54. The predicted octanol–water partition coefficient (Wildman–Crippen LogP) is -0.898. The molecule has 6 heteroatoms. The lowest BCUT2D eigenvalue weighted by atomic mass is 10.1. The predicted molar refractivity (Wildman–Crippen MR) is 57.5 cm³/mol. The normalized spacial score (nSPS) is 17.4. The minimum atomic E-state index is -1.04. The van der Waals surface area contributed by atoms with E-state index < -0.39 is 17.6 Å². The summed E-state index contributed by atoms with van der Waals surface area (Å²) < 4.78 is 0. The first-order valence-corrected chi connectivity index (χ1v) is 5.69. The van der Waals surface area contributed by atoms with E-state index in [9.17, 15) is 9.90 Å². The van der Waals surface area contributed by atoms with Gasteiger partial charge in [-0.3, -0.25) is 4.79 Å². The number of hydrogen-bond acceptors (Lipinski definition) is 5. The van der Waals surface area contributed by atoms with Crippen LogP contribution in [0, 0.1) is 0 Å². The molecule has 0 aromatic carbocycles. The monoisotopic (exact) mass is 222 g/mol. The molecular formula is C8H18N2O3S. The smallest absolute Gasteiger partial charge is 0.321 e. The summed E-state index contributed by atoms with van der Waals surface area (Å²) in [6.45, 7) is 2.21. The molecule has 0 fully saturated rings. The number of carboxylic acid groups (broad SMARTS) is 1. The number of nitrogens with one attached hydrogen (secondary N) is 1. The molecule has 0 bridgehead atoms. The van der Waals surface area contributed by atoms with Gasteiger partial charge in [0.2, 0.25) is 0 Å². The van der Waals surface area contributed by atoms with Gasteiger partial charge in [-0.05, 0) is 13.2 Å². The van der Waals surface area contributed by atoms with Crippen molar-refractivity contribution in [2.75, 3.05) is 25.1 Å². The van der Waals surface area contributed by atoms with Gasteiger partial charge in [0, 0.05) is 18.8 Å². The molecule has 2 unspecified atom stereocenters. The van der Waals surface area contributed by atoms with Crippen LogP contribution in [-0.4, -0.2) is 52.9 Å². The average molecular weight is 222 g/mol. The topological polar surface area (TPSA) is 95.6 Å². The Kier molecular flexibility index (Phi) is 6.10. The van der Waals surface area contributed by atoms with Crippen LogP contribution in [0.25, 0.3) is 0 Å². The molecule has 0 radical (unpaired) electrons. The lowest BCUT2D eigenvalue weighted by Gasteiger charge is -2.23. The summed E-state index contributed by atoms with van der Waals surface area (Å²) in [5.41, 5.74) is 4.45. The van der Waals surface area contributed by atoms with Crippen molar-refractivity contribution in [2.24, 2.45) is 5.73 Å². The lowest BCUT2D eigenvalue weighted by Crippen LogP contribution is -2.46. The largest absolute Gasteiger partial charge is 0.480 e. The number of thioether (sulfide) groups is 1. The zero-order valence-corrected chi connectivity index (χ0v) is 9.30. The maximum atomic E-state index is 10.3. The van der Waals surface area contributed by atoms with Crippen LogP contribution in [0.1, 0.15) is 6.92 Å². The van der Waals surface area contributed by atoms with E-state index in [1.807, 2.05) is 6.26 Å². The first kappa shape index (κ1) is 13.7. The van der Waals surface area contributed by atoms with Gasteiger partial charge >= 0.3 is 5.97 Å². The van der Waals surface area contributed by atoms with Crippen molar-refractivity contribution < 1.29 is 15.0 Å². The fourth-order valence-corrected chi connectivity index (χ4v) is 1.67. The number of nitrogens with two attached hydrogens (primary N) is 1. The highest BCUT2D eigenvalue weighted by atomic mass is 32.2. The molecule has 84 valence electrons. The second kappa shape index (κ2) is 6.23. The Bertz CT molecular complexity index is 187. The van der Waals surface area contributed by atoms with E-state index in [-0.39, 0.29) is 6.54 Å². The Morgan fingerprint density at radius 1 is 1.71 bits per heavy atom. The third-order valence-electron chi connectivity index (χ3n) is 1.64. The van der Waals surface area contributed by atoms with E-state index in [1.54, 1.807) is 6.92 Å². The summed E-state index contributed by atoms with van der Waals surface area (Å²) in [4.78, 5) is 10.3. The van der Waals surface area contributed by atoms with Crippen molar-refractivity contribution in [1.29, 1.82) is 0 Å². The SMILES string of the molecule is CSCC(C)(O)CNCC(N)C(=O)O.